The quantitative estimate of drug-likeness (QED) is 0.897. The minimum absolute atomic E-state index is 0.0483. The van der Waals surface area contributed by atoms with Crippen LogP contribution in [-0.2, 0) is 6.18 Å². The number of piperidine rings is 1. The highest BCUT2D eigenvalue weighted by molar-refractivity contribution is 5.46. The van der Waals surface area contributed by atoms with Crippen LogP contribution in [-0.4, -0.2) is 69.1 Å². The summed E-state index contributed by atoms with van der Waals surface area (Å²) in [5.41, 5.74) is -0.732. The molecule has 2 aromatic rings. The third-order valence-electron chi connectivity index (χ3n) is 4.13. The Kier molecular flexibility index (Phi) is 4.12. The van der Waals surface area contributed by atoms with Gasteiger partial charge in [-0.2, -0.15) is 17.7 Å². The molecular formula is C14H19F3N6O. The largest absolute Gasteiger partial charge is 0.453 e. The monoisotopic (exact) mass is 344 g/mol. The van der Waals surface area contributed by atoms with Crippen molar-refractivity contribution in [2.24, 2.45) is 0 Å². The second-order valence-electron chi connectivity index (χ2n) is 6.43. The molecule has 0 aromatic carbocycles. The molecule has 3 heterocycles. The van der Waals surface area contributed by atoms with Crippen molar-refractivity contribution >= 4 is 11.5 Å². The second-order valence-corrected chi connectivity index (χ2v) is 6.43. The number of hydrogen-bond donors (Lipinski definition) is 1. The van der Waals surface area contributed by atoms with Crippen molar-refractivity contribution in [1.29, 1.82) is 0 Å². The fourth-order valence-corrected chi connectivity index (χ4v) is 3.02. The lowest BCUT2D eigenvalue weighted by atomic mass is 9.91. The summed E-state index contributed by atoms with van der Waals surface area (Å²) >= 11 is 0. The number of rotatable bonds is 3. The molecule has 1 N–H and O–H groups in total. The van der Waals surface area contributed by atoms with Crippen LogP contribution in [0.4, 0.5) is 19.0 Å². The summed E-state index contributed by atoms with van der Waals surface area (Å²) in [6.07, 6.45) is -3.56. The Morgan fingerprint density at radius 3 is 2.46 bits per heavy atom. The number of aliphatic hydroxyl groups is 1. The lowest BCUT2D eigenvalue weighted by Gasteiger charge is -2.40. The lowest BCUT2D eigenvalue weighted by Crippen LogP contribution is -2.50. The first-order valence-corrected chi connectivity index (χ1v) is 7.60. The van der Waals surface area contributed by atoms with Crippen molar-refractivity contribution in [3.63, 3.8) is 0 Å². The summed E-state index contributed by atoms with van der Waals surface area (Å²) in [5.74, 6) is -0.722. The highest BCUT2D eigenvalue weighted by Gasteiger charge is 2.38. The zero-order valence-electron chi connectivity index (χ0n) is 13.5. The maximum Gasteiger partial charge on any atom is 0.453 e. The predicted molar refractivity (Wildman–Crippen MR) is 80.7 cm³/mol. The molecule has 0 atom stereocenters. The lowest BCUT2D eigenvalue weighted by molar-refractivity contribution is -0.146. The van der Waals surface area contributed by atoms with Crippen LogP contribution in [0, 0.1) is 0 Å². The first kappa shape index (κ1) is 16.9. The molecule has 10 heteroatoms. The van der Waals surface area contributed by atoms with E-state index < -0.39 is 17.6 Å². The van der Waals surface area contributed by atoms with Crippen LogP contribution in [0.15, 0.2) is 12.1 Å². The van der Waals surface area contributed by atoms with E-state index in [-0.39, 0.29) is 5.65 Å². The molecule has 0 aliphatic carbocycles. The number of alkyl halides is 3. The molecule has 1 aliphatic rings. The van der Waals surface area contributed by atoms with Crippen LogP contribution < -0.4 is 4.90 Å². The van der Waals surface area contributed by atoms with E-state index in [2.05, 4.69) is 15.3 Å². The Hall–Kier alpha value is -1.94. The SMILES string of the molecule is CN(C)CC1(O)CCN(c2ccc3nnc(C(F)(F)F)n3n2)CC1. The molecular weight excluding hydrogens is 325 g/mol. The van der Waals surface area contributed by atoms with Crippen LogP contribution in [0.3, 0.4) is 0 Å². The fourth-order valence-electron chi connectivity index (χ4n) is 3.02. The summed E-state index contributed by atoms with van der Waals surface area (Å²) < 4.78 is 39.5. The number of likely N-dealkylation sites (N-methyl/N-ethyl adjacent to an activating group) is 1. The van der Waals surface area contributed by atoms with Gasteiger partial charge in [0.1, 0.15) is 5.82 Å². The van der Waals surface area contributed by atoms with Gasteiger partial charge in [-0.1, -0.05) is 0 Å². The molecule has 0 saturated carbocycles. The highest BCUT2D eigenvalue weighted by Crippen LogP contribution is 2.29. The summed E-state index contributed by atoms with van der Waals surface area (Å²) in [7, 11) is 3.79. The van der Waals surface area contributed by atoms with Gasteiger partial charge in [-0.05, 0) is 39.1 Å². The number of anilines is 1. The zero-order chi connectivity index (χ0) is 17.5. The first-order chi connectivity index (χ1) is 11.2. The van der Waals surface area contributed by atoms with Crippen molar-refractivity contribution in [3.05, 3.63) is 18.0 Å². The third kappa shape index (κ3) is 3.29. The second kappa shape index (κ2) is 5.85. The molecule has 1 fully saturated rings. The summed E-state index contributed by atoms with van der Waals surface area (Å²) in [4.78, 5) is 3.79. The van der Waals surface area contributed by atoms with Crippen molar-refractivity contribution in [2.45, 2.75) is 24.6 Å². The molecule has 24 heavy (non-hydrogen) atoms. The van der Waals surface area contributed by atoms with Crippen molar-refractivity contribution in [2.75, 3.05) is 38.6 Å². The van der Waals surface area contributed by atoms with Gasteiger partial charge in [-0.25, -0.2) is 0 Å². The van der Waals surface area contributed by atoms with Gasteiger partial charge in [0.15, 0.2) is 5.65 Å². The predicted octanol–water partition coefficient (Wildman–Crippen LogP) is 1.04. The Balaban J connectivity index is 1.81. The number of fused-ring (bicyclic) bond motifs is 1. The van der Waals surface area contributed by atoms with Crippen LogP contribution >= 0.6 is 0 Å². The van der Waals surface area contributed by atoms with Crippen LogP contribution in [0.25, 0.3) is 5.65 Å². The number of aromatic nitrogens is 4. The van der Waals surface area contributed by atoms with E-state index in [1.165, 1.54) is 6.07 Å². The fraction of sp³-hybridized carbons (Fsp3) is 0.643. The Morgan fingerprint density at radius 1 is 1.21 bits per heavy atom. The maximum absolute atomic E-state index is 12.9. The number of halogens is 3. The van der Waals surface area contributed by atoms with E-state index in [0.29, 0.717) is 38.3 Å². The average molecular weight is 344 g/mol. The smallest absolute Gasteiger partial charge is 0.388 e. The molecule has 7 nitrogen and oxygen atoms in total. The van der Waals surface area contributed by atoms with E-state index >= 15 is 0 Å². The minimum atomic E-state index is -4.61. The van der Waals surface area contributed by atoms with Gasteiger partial charge in [0.2, 0.25) is 0 Å². The average Bonchev–Trinajstić information content (AvgIpc) is 2.89. The normalized spacial score (nSPS) is 18.5. The highest BCUT2D eigenvalue weighted by atomic mass is 19.4. The van der Waals surface area contributed by atoms with Gasteiger partial charge < -0.3 is 14.9 Å². The molecule has 0 amide bonds. The molecule has 0 bridgehead atoms. The molecule has 0 radical (unpaired) electrons. The van der Waals surface area contributed by atoms with Crippen LogP contribution in [0.1, 0.15) is 18.7 Å². The van der Waals surface area contributed by atoms with E-state index in [9.17, 15) is 18.3 Å². The summed E-state index contributed by atoms with van der Waals surface area (Å²) in [6, 6.07) is 3.09. The van der Waals surface area contributed by atoms with Crippen molar-refractivity contribution < 1.29 is 18.3 Å². The van der Waals surface area contributed by atoms with Gasteiger partial charge in [0, 0.05) is 19.6 Å². The van der Waals surface area contributed by atoms with Gasteiger partial charge >= 0.3 is 6.18 Å². The standard InChI is InChI=1S/C14H19F3N6O/c1-21(2)9-13(24)5-7-22(8-6-13)11-4-3-10-18-19-12(14(15,16)17)23(10)20-11/h3-4,24H,5-9H2,1-2H3. The van der Waals surface area contributed by atoms with Crippen molar-refractivity contribution in [1.82, 2.24) is 24.7 Å². The molecule has 1 saturated heterocycles. The van der Waals surface area contributed by atoms with E-state index in [1.807, 2.05) is 23.9 Å². The number of hydrogen-bond acceptors (Lipinski definition) is 6. The Labute approximate surface area is 136 Å². The minimum Gasteiger partial charge on any atom is -0.388 e. The van der Waals surface area contributed by atoms with Crippen LogP contribution in [0.2, 0.25) is 0 Å². The zero-order valence-corrected chi connectivity index (χ0v) is 13.5. The van der Waals surface area contributed by atoms with E-state index in [1.54, 1.807) is 6.07 Å². The molecule has 3 rings (SSSR count). The molecule has 1 aliphatic heterocycles. The molecule has 0 unspecified atom stereocenters. The molecule has 0 spiro atoms. The number of nitrogens with zero attached hydrogens (tertiary/aromatic N) is 6. The third-order valence-corrected chi connectivity index (χ3v) is 4.13. The van der Waals surface area contributed by atoms with E-state index in [4.69, 9.17) is 0 Å². The molecule has 2 aromatic heterocycles. The maximum atomic E-state index is 12.9. The van der Waals surface area contributed by atoms with E-state index in [0.717, 1.165) is 4.52 Å². The molecule has 132 valence electrons. The Morgan fingerprint density at radius 2 is 1.88 bits per heavy atom. The topological polar surface area (TPSA) is 69.8 Å². The van der Waals surface area contributed by atoms with Gasteiger partial charge in [-0.15, -0.1) is 15.3 Å². The van der Waals surface area contributed by atoms with Crippen molar-refractivity contribution in [3.8, 4) is 0 Å². The van der Waals surface area contributed by atoms with Gasteiger partial charge in [0.05, 0.1) is 5.60 Å². The first-order valence-electron chi connectivity index (χ1n) is 7.60. The van der Waals surface area contributed by atoms with Crippen LogP contribution in [0.5, 0.6) is 0 Å². The van der Waals surface area contributed by atoms with Gasteiger partial charge in [-0.3, -0.25) is 0 Å². The Bertz CT molecular complexity index is 721. The summed E-state index contributed by atoms with van der Waals surface area (Å²) in [5, 5.41) is 21.2. The summed E-state index contributed by atoms with van der Waals surface area (Å²) in [6.45, 7) is 1.59. The van der Waals surface area contributed by atoms with Gasteiger partial charge in [0.25, 0.3) is 5.82 Å².